The van der Waals surface area contributed by atoms with Crippen molar-refractivity contribution in [3.05, 3.63) is 50.3 Å². The van der Waals surface area contributed by atoms with Crippen LogP contribution in [0.3, 0.4) is 0 Å². The Balaban J connectivity index is 1.83. The van der Waals surface area contributed by atoms with E-state index in [4.69, 9.17) is 0 Å². The molecule has 0 aliphatic carbocycles. The molecule has 25 heavy (non-hydrogen) atoms. The Bertz CT molecular complexity index is 928. The Labute approximate surface area is 149 Å². The van der Waals surface area contributed by atoms with Crippen molar-refractivity contribution in [2.24, 2.45) is 0 Å². The van der Waals surface area contributed by atoms with E-state index in [1.807, 2.05) is 23.3 Å². The van der Waals surface area contributed by atoms with Crippen molar-refractivity contribution in [3.63, 3.8) is 0 Å². The molecule has 0 bridgehead atoms. The fourth-order valence-electron chi connectivity index (χ4n) is 2.65. The van der Waals surface area contributed by atoms with Gasteiger partial charge in [-0.1, -0.05) is 6.92 Å². The molecule has 0 aromatic carbocycles. The molecule has 3 heterocycles. The predicted octanol–water partition coefficient (Wildman–Crippen LogP) is 2.16. The van der Waals surface area contributed by atoms with Gasteiger partial charge in [0.05, 0.1) is 6.42 Å². The maximum atomic E-state index is 12.8. The van der Waals surface area contributed by atoms with Gasteiger partial charge in [-0.25, -0.2) is 4.98 Å². The summed E-state index contributed by atoms with van der Waals surface area (Å²) in [5, 5.41) is 6.94. The maximum Gasteiger partial charge on any atom is 0.274 e. The van der Waals surface area contributed by atoms with Gasteiger partial charge in [0.25, 0.3) is 11.3 Å². The molecule has 0 saturated heterocycles. The molecule has 7 nitrogen and oxygen atoms in total. The van der Waals surface area contributed by atoms with Gasteiger partial charge in [0, 0.05) is 24.3 Å². The number of carbonyl (C=O) groups excluding carboxylic acids is 1. The molecule has 0 fully saturated rings. The molecule has 1 unspecified atom stereocenters. The van der Waals surface area contributed by atoms with E-state index in [1.165, 1.54) is 10.6 Å². The van der Waals surface area contributed by atoms with Gasteiger partial charge >= 0.3 is 0 Å². The van der Waals surface area contributed by atoms with E-state index < -0.39 is 0 Å². The second-order valence-electron chi connectivity index (χ2n) is 6.13. The zero-order valence-electron chi connectivity index (χ0n) is 14.5. The molecule has 3 aromatic heterocycles. The van der Waals surface area contributed by atoms with E-state index in [0.29, 0.717) is 23.8 Å². The molecule has 0 radical (unpaired) electrons. The lowest BCUT2D eigenvalue weighted by Gasteiger charge is -2.28. The predicted molar refractivity (Wildman–Crippen MR) is 96.7 cm³/mol. The van der Waals surface area contributed by atoms with Crippen LogP contribution in [-0.4, -0.2) is 36.4 Å². The van der Waals surface area contributed by atoms with Crippen LogP contribution < -0.4 is 5.56 Å². The molecule has 8 heteroatoms. The molecule has 0 aliphatic rings. The Hall–Kier alpha value is -2.48. The third-order valence-corrected chi connectivity index (χ3v) is 4.93. The quantitative estimate of drug-likeness (QED) is 0.731. The Morgan fingerprint density at radius 3 is 2.92 bits per heavy atom. The molecular formula is C17H21N5O2S. The van der Waals surface area contributed by atoms with Gasteiger partial charge in [0.1, 0.15) is 5.82 Å². The van der Waals surface area contributed by atoms with Crippen LogP contribution in [0.2, 0.25) is 0 Å². The van der Waals surface area contributed by atoms with Crippen LogP contribution in [0.5, 0.6) is 0 Å². The third-order valence-electron chi connectivity index (χ3n) is 4.20. The van der Waals surface area contributed by atoms with E-state index in [-0.39, 0.29) is 23.9 Å². The highest BCUT2D eigenvalue weighted by atomic mass is 32.1. The van der Waals surface area contributed by atoms with Crippen LogP contribution in [0.25, 0.3) is 5.78 Å². The molecule has 132 valence electrons. The van der Waals surface area contributed by atoms with E-state index >= 15 is 0 Å². The number of hydrogen-bond acceptors (Lipinski definition) is 5. The minimum Gasteiger partial charge on any atom is -0.335 e. The standard InChI is InChI=1S/C17H21N5O2S/c1-4-12(3)21(9-13-5-6-25-10-13)15(23)8-14-19-17-18-11(2)7-16(24)22(17)20-14/h5-7,10,12H,4,8-9H2,1-3H3,(H,18,19,20). The minimum atomic E-state index is -0.231. The lowest BCUT2D eigenvalue weighted by molar-refractivity contribution is -0.133. The van der Waals surface area contributed by atoms with Crippen molar-refractivity contribution in [3.8, 4) is 0 Å². The fraction of sp³-hybridized carbons (Fsp3) is 0.412. The van der Waals surface area contributed by atoms with Gasteiger partial charge in [0.2, 0.25) is 5.91 Å². The summed E-state index contributed by atoms with van der Waals surface area (Å²) in [6.45, 7) is 6.42. The minimum absolute atomic E-state index is 0.0237. The maximum absolute atomic E-state index is 12.8. The van der Waals surface area contributed by atoms with Crippen molar-refractivity contribution in [1.82, 2.24) is 24.5 Å². The molecule has 3 aromatic rings. The summed E-state index contributed by atoms with van der Waals surface area (Å²) >= 11 is 1.62. The summed E-state index contributed by atoms with van der Waals surface area (Å²) in [5.74, 6) is 0.712. The number of nitrogens with zero attached hydrogens (tertiary/aromatic N) is 4. The highest BCUT2D eigenvalue weighted by Crippen LogP contribution is 2.15. The summed E-state index contributed by atoms with van der Waals surface area (Å²) < 4.78 is 1.27. The number of fused-ring (bicyclic) bond motifs is 1. The topological polar surface area (TPSA) is 83.4 Å². The zero-order chi connectivity index (χ0) is 18.0. The molecule has 1 atom stereocenters. The van der Waals surface area contributed by atoms with Crippen molar-refractivity contribution < 1.29 is 4.79 Å². The largest absolute Gasteiger partial charge is 0.335 e. The third kappa shape index (κ3) is 3.79. The van der Waals surface area contributed by atoms with Crippen LogP contribution in [0.4, 0.5) is 0 Å². The number of aromatic nitrogens is 4. The molecule has 0 aliphatic heterocycles. The average Bonchev–Trinajstić information content (AvgIpc) is 3.21. The number of amides is 1. The highest BCUT2D eigenvalue weighted by Gasteiger charge is 2.21. The normalized spacial score (nSPS) is 12.4. The highest BCUT2D eigenvalue weighted by molar-refractivity contribution is 7.07. The molecule has 1 amide bonds. The van der Waals surface area contributed by atoms with Gasteiger partial charge in [0.15, 0.2) is 0 Å². The molecule has 3 rings (SSSR count). The molecule has 0 saturated carbocycles. The number of H-pyrrole nitrogens is 1. The number of hydrogen-bond donors (Lipinski definition) is 1. The average molecular weight is 359 g/mol. The lowest BCUT2D eigenvalue weighted by atomic mass is 10.1. The molecule has 0 spiro atoms. The number of thiophene rings is 1. The van der Waals surface area contributed by atoms with Crippen LogP contribution in [0.15, 0.2) is 27.7 Å². The lowest BCUT2D eigenvalue weighted by Crippen LogP contribution is -2.38. The Kier molecular flexibility index (Phi) is 4.98. The van der Waals surface area contributed by atoms with Crippen LogP contribution in [-0.2, 0) is 17.8 Å². The summed E-state index contributed by atoms with van der Waals surface area (Å²) in [7, 11) is 0. The van der Waals surface area contributed by atoms with Crippen molar-refractivity contribution in [1.29, 1.82) is 0 Å². The number of nitrogens with one attached hydrogen (secondary N) is 1. The first-order valence-electron chi connectivity index (χ1n) is 8.23. The van der Waals surface area contributed by atoms with Crippen molar-refractivity contribution >= 4 is 23.0 Å². The van der Waals surface area contributed by atoms with Gasteiger partial charge < -0.3 is 4.90 Å². The SMILES string of the molecule is CCC(C)N(Cc1ccsc1)C(=O)Cc1nc2nc(C)cc(=O)n2[nH]1. The van der Waals surface area contributed by atoms with E-state index in [9.17, 15) is 9.59 Å². The second kappa shape index (κ2) is 7.18. The van der Waals surface area contributed by atoms with Crippen molar-refractivity contribution in [2.75, 3.05) is 0 Å². The number of aryl methyl sites for hydroxylation is 1. The first-order valence-corrected chi connectivity index (χ1v) is 9.18. The number of rotatable bonds is 6. The summed E-state index contributed by atoms with van der Waals surface area (Å²) in [4.78, 5) is 35.2. The van der Waals surface area contributed by atoms with Crippen LogP contribution >= 0.6 is 11.3 Å². The monoisotopic (exact) mass is 359 g/mol. The van der Waals surface area contributed by atoms with E-state index in [0.717, 1.165) is 12.0 Å². The van der Waals surface area contributed by atoms with Crippen LogP contribution in [0.1, 0.15) is 37.4 Å². The number of carbonyl (C=O) groups is 1. The van der Waals surface area contributed by atoms with Gasteiger partial charge in [-0.15, -0.1) is 0 Å². The van der Waals surface area contributed by atoms with Gasteiger partial charge in [-0.2, -0.15) is 20.8 Å². The summed E-state index contributed by atoms with van der Waals surface area (Å²) in [6.07, 6.45) is 0.979. The summed E-state index contributed by atoms with van der Waals surface area (Å²) in [6, 6.07) is 3.58. The zero-order valence-corrected chi connectivity index (χ0v) is 15.3. The molecular weight excluding hydrogens is 338 g/mol. The molecule has 1 N–H and O–H groups in total. The van der Waals surface area contributed by atoms with Gasteiger partial charge in [-0.05, 0) is 42.7 Å². The Morgan fingerprint density at radius 1 is 1.44 bits per heavy atom. The summed E-state index contributed by atoms with van der Waals surface area (Å²) in [5.41, 5.74) is 1.50. The first-order chi connectivity index (χ1) is 12.0. The Morgan fingerprint density at radius 2 is 2.24 bits per heavy atom. The van der Waals surface area contributed by atoms with E-state index in [2.05, 4.69) is 27.4 Å². The fourth-order valence-corrected chi connectivity index (χ4v) is 3.31. The first kappa shape index (κ1) is 17.3. The van der Waals surface area contributed by atoms with Crippen LogP contribution in [0, 0.1) is 6.92 Å². The second-order valence-corrected chi connectivity index (χ2v) is 6.91. The van der Waals surface area contributed by atoms with Crippen molar-refractivity contribution in [2.45, 2.75) is 46.2 Å². The smallest absolute Gasteiger partial charge is 0.274 e. The van der Waals surface area contributed by atoms with Gasteiger partial charge in [-0.3, -0.25) is 14.7 Å². The van der Waals surface area contributed by atoms with E-state index in [1.54, 1.807) is 18.3 Å². The number of aromatic amines is 1.